The number of nitrogens with zero attached hydrogens (tertiary/aromatic N) is 12. The highest BCUT2D eigenvalue weighted by atomic mass is 32.1. The summed E-state index contributed by atoms with van der Waals surface area (Å²) in [4.78, 5) is 136. The fourth-order valence-corrected chi connectivity index (χ4v) is 21.9. The lowest BCUT2D eigenvalue weighted by atomic mass is 9.91. The molecule has 4 saturated heterocycles. The van der Waals surface area contributed by atoms with E-state index >= 15 is 0 Å². The molecule has 28 nitrogen and oxygen atoms in total. The fraction of sp³-hybridized carbons (Fsp3) is 0.462. The summed E-state index contributed by atoms with van der Waals surface area (Å²) in [5, 5.41) is 27.5. The number of aromatic nitrogens is 8. The first-order valence-corrected chi connectivity index (χ1v) is 50.2. The predicted octanol–water partition coefficient (Wildman–Crippen LogP) is 19.9. The Balaban J connectivity index is 0.000000163. The zero-order chi connectivity index (χ0) is 96.7. The van der Waals surface area contributed by atoms with E-state index in [1.54, 1.807) is 114 Å². The van der Waals surface area contributed by atoms with Crippen LogP contribution in [0.4, 0.5) is 0 Å². The van der Waals surface area contributed by atoms with Crippen molar-refractivity contribution in [3.63, 3.8) is 0 Å². The van der Waals surface area contributed by atoms with Gasteiger partial charge < -0.3 is 59.0 Å². The van der Waals surface area contributed by atoms with Gasteiger partial charge in [0, 0.05) is 57.0 Å². The third-order valence-electron chi connectivity index (χ3n) is 25.9. The van der Waals surface area contributed by atoms with Crippen molar-refractivity contribution in [3.8, 4) is 41.8 Å². The molecule has 32 heteroatoms. The molecule has 4 aliphatic rings. The number of nitrogens with one attached hydrogen (secondary N) is 4. The SMILES string of the molecule is C.Cc1ncsc1-c1ccc(CNC(=O)[C@@H]2C[C@@H](C)CN2C(=O)C(c2ccno2)C(C)C)cc1.Cc1ncsc1-c1ccc([C@H](C)NC(=O)[C@@H]2C[C@@H](C)CN2C(=O)C(c2ccno2)C(C)C)cc1.Cc1ncsc1-c1ccc([C@H](C)NC(=O)[C@@H]2C[C@@H](C)CN2C(=O)[C@@H](c2ccno2)C(C)C)cc1.Cc1ncsc1-c1ccc([C@H](C)NC(=O)[C@@H]2C[C@@H](C)CN2C(=O)[C@H](c2ccno2)C(C)C)cc1. The van der Waals surface area contributed by atoms with Crippen molar-refractivity contribution >= 4 is 92.6 Å². The highest BCUT2D eigenvalue weighted by molar-refractivity contribution is 7.14. The molecule has 8 aromatic heterocycles. The first-order valence-electron chi connectivity index (χ1n) is 46.7. The van der Waals surface area contributed by atoms with Gasteiger partial charge in [0.05, 0.1) is 107 Å². The lowest BCUT2D eigenvalue weighted by molar-refractivity contribution is -0.141. The summed E-state index contributed by atoms with van der Waals surface area (Å²) >= 11 is 6.49. The molecule has 4 N–H and O–H groups in total. The van der Waals surface area contributed by atoms with Crippen LogP contribution in [0.5, 0.6) is 0 Å². The second-order valence-corrected chi connectivity index (χ2v) is 41.4. The third kappa shape index (κ3) is 24.7. The largest absolute Gasteiger partial charge is 0.361 e. The third-order valence-corrected chi connectivity index (χ3v) is 29.8. The second kappa shape index (κ2) is 46.7. The Morgan fingerprint density at radius 2 is 0.551 bits per heavy atom. The van der Waals surface area contributed by atoms with Gasteiger partial charge in [0.25, 0.3) is 0 Å². The minimum Gasteiger partial charge on any atom is -0.361 e. The second-order valence-electron chi connectivity index (χ2n) is 38.0. The zero-order valence-corrected chi connectivity index (χ0v) is 83.7. The Morgan fingerprint density at radius 3 is 0.750 bits per heavy atom. The van der Waals surface area contributed by atoms with Gasteiger partial charge in [-0.1, -0.05) is 208 Å². The van der Waals surface area contributed by atoms with Gasteiger partial charge in [-0.15, -0.1) is 45.3 Å². The van der Waals surface area contributed by atoms with E-state index < -0.39 is 47.8 Å². The minimum absolute atomic E-state index is 0. The van der Waals surface area contributed by atoms with Gasteiger partial charge in [-0.3, -0.25) is 38.4 Å². The maximum atomic E-state index is 13.5. The normalized spacial score (nSPS) is 19.6. The molecule has 16 rings (SSSR count). The number of hydrogen-bond donors (Lipinski definition) is 4. The number of carbonyl (C=O) groups excluding carboxylic acids is 8. The summed E-state index contributed by atoms with van der Waals surface area (Å²) < 4.78 is 21.3. The Bertz CT molecular complexity index is 5470. The van der Waals surface area contributed by atoms with Crippen LogP contribution in [0, 0.1) is 75.0 Å². The smallest absolute Gasteiger partial charge is 0.243 e. The number of thiazole rings is 4. The highest BCUT2D eigenvalue weighted by Crippen LogP contribution is 2.41. The van der Waals surface area contributed by atoms with Crippen molar-refractivity contribution in [2.45, 2.75) is 237 Å². The van der Waals surface area contributed by atoms with Crippen molar-refractivity contribution < 1.29 is 56.4 Å². The standard InChI is InChI=1S/3C26H32N4O3S.C25H30N4O3S.CH4/c3*1-15(2)23(22-10-11-28-33-22)26(32)30-13-16(3)12-21(30)25(31)29-17(4)19-6-8-20(9-7-19)24-18(5)27-14-34-24;1-15(2)22(21-9-10-28-32-21)25(31)29-13-16(3)11-20(29)24(30)26-12-18-5-7-19(8-6-18)23-17(4)27-14-33-23;/h3*6-11,14-17,21,23H,12-13H2,1-5H3,(H,29,31);5-10,14-16,20,22H,11-13H2,1-4H3,(H,26,30);1H4/t16-,17+,21+,23?;16-,17+,21+,23+;16-,17+,21+,23-;16-,20+,22?;/m1111./s1. The Morgan fingerprint density at radius 1 is 0.331 bits per heavy atom. The summed E-state index contributed by atoms with van der Waals surface area (Å²) in [7, 11) is 0. The van der Waals surface area contributed by atoms with Crippen LogP contribution in [0.15, 0.2) is 186 Å². The molecule has 0 bridgehead atoms. The predicted molar refractivity (Wildman–Crippen MR) is 531 cm³/mol. The average molecular weight is 1920 g/mol. The van der Waals surface area contributed by atoms with Gasteiger partial charge in [-0.05, 0) is 166 Å². The molecule has 4 aromatic carbocycles. The molecule has 722 valence electrons. The molecule has 0 spiro atoms. The Labute approximate surface area is 813 Å². The quantitative estimate of drug-likeness (QED) is 0.0354. The number of likely N-dealkylation sites (tertiary alicyclic amines) is 4. The van der Waals surface area contributed by atoms with Gasteiger partial charge in [0.2, 0.25) is 47.3 Å². The van der Waals surface area contributed by atoms with Crippen molar-refractivity contribution in [1.82, 2.24) is 81.4 Å². The van der Waals surface area contributed by atoms with E-state index in [0.717, 1.165) is 86.8 Å². The average Bonchev–Trinajstić information content (AvgIpc) is 1.65. The number of carbonyl (C=O) groups is 8. The number of amides is 8. The molecule has 0 radical (unpaired) electrons. The van der Waals surface area contributed by atoms with Gasteiger partial charge >= 0.3 is 0 Å². The maximum Gasteiger partial charge on any atom is 0.243 e. The number of rotatable bonds is 28. The van der Waals surface area contributed by atoms with Gasteiger partial charge in [0.1, 0.15) is 70.9 Å². The molecule has 4 aliphatic heterocycles. The van der Waals surface area contributed by atoms with E-state index in [0.29, 0.717) is 81.4 Å². The van der Waals surface area contributed by atoms with Gasteiger partial charge in [0.15, 0.2) is 0 Å². The summed E-state index contributed by atoms with van der Waals surface area (Å²) in [5.74, 6) is 0.719. The van der Waals surface area contributed by atoms with Gasteiger partial charge in [-0.25, -0.2) is 19.9 Å². The maximum absolute atomic E-state index is 13.5. The molecule has 8 amide bonds. The molecule has 136 heavy (non-hydrogen) atoms. The Kier molecular flexibility index (Phi) is 35.3. The van der Waals surface area contributed by atoms with Crippen molar-refractivity contribution in [3.05, 3.63) is 236 Å². The van der Waals surface area contributed by atoms with E-state index in [1.807, 2.05) is 174 Å². The first-order chi connectivity index (χ1) is 64.6. The summed E-state index contributed by atoms with van der Waals surface area (Å²) in [6, 6.07) is 37.2. The molecule has 15 atom stereocenters. The minimum atomic E-state index is -0.492. The molecule has 4 fully saturated rings. The summed E-state index contributed by atoms with van der Waals surface area (Å²) in [6.07, 6.45) is 8.81. The van der Waals surface area contributed by atoms with E-state index in [1.165, 1.54) is 0 Å². The zero-order valence-electron chi connectivity index (χ0n) is 80.4. The van der Waals surface area contributed by atoms with Crippen LogP contribution >= 0.6 is 45.3 Å². The fourth-order valence-electron chi connectivity index (χ4n) is 18.7. The van der Waals surface area contributed by atoms with Crippen molar-refractivity contribution in [2.24, 2.45) is 47.3 Å². The van der Waals surface area contributed by atoms with Crippen LogP contribution in [-0.2, 0) is 44.9 Å². The molecular weight excluding hydrogens is 1790 g/mol. The Hall–Kier alpha value is -12.0. The number of aryl methyl sites for hydroxylation is 4. The van der Waals surface area contributed by atoms with Crippen LogP contribution in [0.1, 0.15) is 247 Å². The molecule has 12 aromatic rings. The van der Waals surface area contributed by atoms with Crippen LogP contribution in [0.3, 0.4) is 0 Å². The van der Waals surface area contributed by atoms with Crippen molar-refractivity contribution in [2.75, 3.05) is 26.2 Å². The van der Waals surface area contributed by atoms with E-state index in [9.17, 15) is 38.4 Å². The van der Waals surface area contributed by atoms with E-state index in [2.05, 4.69) is 138 Å². The number of benzene rings is 4. The van der Waals surface area contributed by atoms with Crippen LogP contribution < -0.4 is 21.3 Å². The first kappa shape index (κ1) is 103. The lowest BCUT2D eigenvalue weighted by Gasteiger charge is -2.29. The molecular formula is C104H130N16O12S4. The summed E-state index contributed by atoms with van der Waals surface area (Å²) in [6.45, 7) is 40.8. The molecule has 12 heterocycles. The molecule has 0 saturated carbocycles. The lowest BCUT2D eigenvalue weighted by Crippen LogP contribution is -2.48. The van der Waals surface area contributed by atoms with E-state index in [-0.39, 0.29) is 120 Å². The molecule has 2 unspecified atom stereocenters. The van der Waals surface area contributed by atoms with Crippen molar-refractivity contribution in [1.29, 1.82) is 0 Å². The van der Waals surface area contributed by atoms with Crippen LogP contribution in [-0.4, -0.2) is 158 Å². The van der Waals surface area contributed by atoms with Gasteiger partial charge in [-0.2, -0.15) is 0 Å². The number of hydrogen-bond acceptors (Lipinski definition) is 24. The monoisotopic (exact) mass is 1920 g/mol. The highest BCUT2D eigenvalue weighted by Gasteiger charge is 2.48. The van der Waals surface area contributed by atoms with Crippen LogP contribution in [0.2, 0.25) is 0 Å². The topological polar surface area (TPSA) is 353 Å². The molecule has 0 aliphatic carbocycles. The van der Waals surface area contributed by atoms with Crippen LogP contribution in [0.25, 0.3) is 41.8 Å². The summed E-state index contributed by atoms with van der Waals surface area (Å²) in [5.41, 5.74) is 20.0. The van der Waals surface area contributed by atoms with E-state index in [4.69, 9.17) is 18.1 Å².